The summed E-state index contributed by atoms with van der Waals surface area (Å²) in [4.78, 5) is 38.2. The number of hydrogen-bond donors (Lipinski definition) is 0. The zero-order chi connectivity index (χ0) is 18.1. The predicted molar refractivity (Wildman–Crippen MR) is 91.7 cm³/mol. The van der Waals surface area contributed by atoms with Gasteiger partial charge in [0.15, 0.2) is 0 Å². The van der Waals surface area contributed by atoms with Crippen molar-refractivity contribution in [2.75, 3.05) is 4.90 Å². The van der Waals surface area contributed by atoms with E-state index in [1.54, 1.807) is 45.0 Å². The van der Waals surface area contributed by atoms with E-state index in [0.717, 1.165) is 0 Å². The summed E-state index contributed by atoms with van der Waals surface area (Å²) in [7, 11) is 0. The fourth-order valence-electron chi connectivity index (χ4n) is 2.83. The number of ether oxygens (including phenoxy) is 1. The molecule has 0 aromatic heterocycles. The standard InChI is InChI=1S/C19H25NO4/c1-12(2)9-14-11-16(21)20(17(14)22)15-8-6-7-13(10-15)18(23)24-19(3,4)5/h6-8,10,12,14H,9,11H2,1-5H3. The molecule has 5 heteroatoms. The van der Waals surface area contributed by atoms with E-state index < -0.39 is 11.6 Å². The Balaban J connectivity index is 2.24. The number of nitrogens with zero attached hydrogens (tertiary/aromatic N) is 1. The van der Waals surface area contributed by atoms with E-state index in [9.17, 15) is 14.4 Å². The average Bonchev–Trinajstić information content (AvgIpc) is 2.71. The highest BCUT2D eigenvalue weighted by molar-refractivity contribution is 6.21. The van der Waals surface area contributed by atoms with Crippen molar-refractivity contribution in [1.82, 2.24) is 0 Å². The predicted octanol–water partition coefficient (Wildman–Crippen LogP) is 3.57. The zero-order valence-electron chi connectivity index (χ0n) is 15.0. The lowest BCUT2D eigenvalue weighted by Gasteiger charge is -2.20. The highest BCUT2D eigenvalue weighted by Gasteiger charge is 2.39. The first kappa shape index (κ1) is 18.2. The molecule has 24 heavy (non-hydrogen) atoms. The van der Waals surface area contributed by atoms with Crippen LogP contribution in [0.5, 0.6) is 0 Å². The number of imide groups is 1. The second-order valence-electron chi connectivity index (χ2n) is 7.65. The van der Waals surface area contributed by atoms with Crippen LogP contribution >= 0.6 is 0 Å². The fraction of sp³-hybridized carbons (Fsp3) is 0.526. The minimum atomic E-state index is -0.602. The average molecular weight is 331 g/mol. The number of rotatable bonds is 4. The van der Waals surface area contributed by atoms with Gasteiger partial charge >= 0.3 is 5.97 Å². The van der Waals surface area contributed by atoms with E-state index >= 15 is 0 Å². The molecule has 0 aliphatic carbocycles. The van der Waals surface area contributed by atoms with Crippen LogP contribution in [0, 0.1) is 11.8 Å². The summed E-state index contributed by atoms with van der Waals surface area (Å²) in [6.45, 7) is 9.43. The molecule has 0 radical (unpaired) electrons. The number of carbonyl (C=O) groups is 3. The monoisotopic (exact) mass is 331 g/mol. The molecule has 0 spiro atoms. The Hall–Kier alpha value is -2.17. The van der Waals surface area contributed by atoms with Crippen molar-refractivity contribution in [1.29, 1.82) is 0 Å². The summed E-state index contributed by atoms with van der Waals surface area (Å²) >= 11 is 0. The SMILES string of the molecule is CC(C)CC1CC(=O)N(c2cccc(C(=O)OC(C)(C)C)c2)C1=O. The van der Waals surface area contributed by atoms with Gasteiger partial charge in [-0.3, -0.25) is 14.5 Å². The van der Waals surface area contributed by atoms with Crippen LogP contribution in [0.2, 0.25) is 0 Å². The van der Waals surface area contributed by atoms with Crippen molar-refractivity contribution in [3.8, 4) is 0 Å². The number of amides is 2. The molecule has 1 heterocycles. The second-order valence-corrected chi connectivity index (χ2v) is 7.65. The van der Waals surface area contributed by atoms with Gasteiger partial charge in [-0.2, -0.15) is 0 Å². The molecule has 1 unspecified atom stereocenters. The molecule has 1 aliphatic heterocycles. The molecule has 1 aromatic rings. The van der Waals surface area contributed by atoms with E-state index in [4.69, 9.17) is 4.74 Å². The Morgan fingerprint density at radius 2 is 1.96 bits per heavy atom. The van der Waals surface area contributed by atoms with Crippen LogP contribution in [0.15, 0.2) is 24.3 Å². The summed E-state index contributed by atoms with van der Waals surface area (Å²) in [6, 6.07) is 6.49. The van der Waals surface area contributed by atoms with Crippen LogP contribution in [-0.2, 0) is 14.3 Å². The number of anilines is 1. The summed E-state index contributed by atoms with van der Waals surface area (Å²) in [6.07, 6.45) is 0.917. The van der Waals surface area contributed by atoms with Gasteiger partial charge in [0.2, 0.25) is 11.8 Å². The highest BCUT2D eigenvalue weighted by atomic mass is 16.6. The van der Waals surface area contributed by atoms with Gasteiger partial charge in [0.25, 0.3) is 0 Å². The first-order valence-electron chi connectivity index (χ1n) is 8.28. The van der Waals surface area contributed by atoms with Crippen LogP contribution in [0.4, 0.5) is 5.69 Å². The third-order valence-electron chi connectivity index (χ3n) is 3.73. The first-order valence-corrected chi connectivity index (χ1v) is 8.28. The van der Waals surface area contributed by atoms with Crippen molar-refractivity contribution in [3.05, 3.63) is 29.8 Å². The second kappa shape index (κ2) is 6.75. The first-order chi connectivity index (χ1) is 11.1. The van der Waals surface area contributed by atoms with Crippen molar-refractivity contribution in [2.45, 2.75) is 53.1 Å². The maximum atomic E-state index is 12.6. The Morgan fingerprint density at radius 3 is 2.54 bits per heavy atom. The molecule has 1 aromatic carbocycles. The molecule has 130 valence electrons. The molecule has 0 saturated carbocycles. The van der Waals surface area contributed by atoms with E-state index in [1.807, 2.05) is 13.8 Å². The summed E-state index contributed by atoms with van der Waals surface area (Å²) in [5.41, 5.74) is 0.157. The van der Waals surface area contributed by atoms with E-state index in [2.05, 4.69) is 0 Å². The molecule has 1 saturated heterocycles. The smallest absolute Gasteiger partial charge is 0.338 e. The third-order valence-corrected chi connectivity index (χ3v) is 3.73. The fourth-order valence-corrected chi connectivity index (χ4v) is 2.83. The molecular weight excluding hydrogens is 306 g/mol. The van der Waals surface area contributed by atoms with E-state index in [1.165, 1.54) is 4.90 Å². The van der Waals surface area contributed by atoms with Crippen LogP contribution in [0.1, 0.15) is 57.8 Å². The molecule has 1 fully saturated rings. The van der Waals surface area contributed by atoms with Crippen molar-refractivity contribution >= 4 is 23.5 Å². The van der Waals surface area contributed by atoms with Crippen molar-refractivity contribution in [2.24, 2.45) is 11.8 Å². The Kier molecular flexibility index (Phi) is 5.11. The highest BCUT2D eigenvalue weighted by Crippen LogP contribution is 2.31. The zero-order valence-corrected chi connectivity index (χ0v) is 15.0. The normalized spacial score (nSPS) is 18.4. The maximum Gasteiger partial charge on any atom is 0.338 e. The Labute approximate surface area is 143 Å². The van der Waals surface area contributed by atoms with Crippen LogP contribution in [0.3, 0.4) is 0 Å². The van der Waals surface area contributed by atoms with Gasteiger partial charge in [-0.15, -0.1) is 0 Å². The Morgan fingerprint density at radius 1 is 1.29 bits per heavy atom. The minimum Gasteiger partial charge on any atom is -0.456 e. The van der Waals surface area contributed by atoms with Crippen molar-refractivity contribution in [3.63, 3.8) is 0 Å². The van der Waals surface area contributed by atoms with Gasteiger partial charge in [0.1, 0.15) is 5.60 Å². The lowest BCUT2D eigenvalue weighted by molar-refractivity contribution is -0.122. The largest absolute Gasteiger partial charge is 0.456 e. The summed E-state index contributed by atoms with van der Waals surface area (Å²) in [5, 5.41) is 0. The molecule has 2 rings (SSSR count). The van der Waals surface area contributed by atoms with Gasteiger partial charge in [-0.1, -0.05) is 19.9 Å². The quantitative estimate of drug-likeness (QED) is 0.625. The molecule has 1 atom stereocenters. The molecule has 0 N–H and O–H groups in total. The van der Waals surface area contributed by atoms with Gasteiger partial charge in [-0.05, 0) is 51.3 Å². The maximum absolute atomic E-state index is 12.6. The van der Waals surface area contributed by atoms with Crippen LogP contribution in [0.25, 0.3) is 0 Å². The summed E-state index contributed by atoms with van der Waals surface area (Å²) < 4.78 is 5.34. The van der Waals surface area contributed by atoms with E-state index in [-0.39, 0.29) is 24.2 Å². The topological polar surface area (TPSA) is 63.7 Å². The Bertz CT molecular complexity index is 658. The van der Waals surface area contributed by atoms with Gasteiger partial charge in [0, 0.05) is 12.3 Å². The minimum absolute atomic E-state index is 0.185. The number of esters is 1. The molecular formula is C19H25NO4. The number of benzene rings is 1. The van der Waals surface area contributed by atoms with Crippen LogP contribution in [-0.4, -0.2) is 23.4 Å². The third kappa shape index (κ3) is 4.22. The van der Waals surface area contributed by atoms with Gasteiger partial charge < -0.3 is 4.74 Å². The van der Waals surface area contributed by atoms with Crippen LogP contribution < -0.4 is 4.90 Å². The van der Waals surface area contributed by atoms with E-state index in [0.29, 0.717) is 23.6 Å². The summed E-state index contributed by atoms with van der Waals surface area (Å²) in [5.74, 6) is -0.799. The van der Waals surface area contributed by atoms with Gasteiger partial charge in [0.05, 0.1) is 11.3 Å². The molecule has 2 amide bonds. The van der Waals surface area contributed by atoms with Crippen molar-refractivity contribution < 1.29 is 19.1 Å². The molecule has 5 nitrogen and oxygen atoms in total. The lowest BCUT2D eigenvalue weighted by atomic mass is 9.96. The lowest BCUT2D eigenvalue weighted by Crippen LogP contribution is -2.31. The number of hydrogen-bond acceptors (Lipinski definition) is 4. The van der Waals surface area contributed by atoms with Gasteiger partial charge in [-0.25, -0.2) is 4.79 Å². The molecule has 0 bridgehead atoms. The number of carbonyl (C=O) groups excluding carboxylic acids is 3. The molecule has 1 aliphatic rings.